The van der Waals surface area contributed by atoms with Crippen molar-refractivity contribution in [2.24, 2.45) is 0 Å². The third-order valence-electron chi connectivity index (χ3n) is 2.03. The lowest BCUT2D eigenvalue weighted by molar-refractivity contribution is -0.106. The van der Waals surface area contributed by atoms with Gasteiger partial charge in [0.2, 0.25) is 0 Å². The van der Waals surface area contributed by atoms with E-state index < -0.39 is 0 Å². The standard InChI is InChI=1S/C10H10Br4O2/c1-15-10(16-2)6-4-7(11)5(9(13)14)3-8(6)12/h3-4,9-10H,1-2H3. The zero-order valence-electron chi connectivity index (χ0n) is 8.64. The van der Waals surface area contributed by atoms with Crippen LogP contribution in [0.4, 0.5) is 0 Å². The molecule has 0 fully saturated rings. The van der Waals surface area contributed by atoms with Gasteiger partial charge in [-0.3, -0.25) is 0 Å². The molecule has 0 spiro atoms. The van der Waals surface area contributed by atoms with Gasteiger partial charge in [-0.25, -0.2) is 0 Å². The van der Waals surface area contributed by atoms with Crippen LogP contribution in [0.2, 0.25) is 0 Å². The number of methoxy groups -OCH3 is 2. The van der Waals surface area contributed by atoms with Crippen LogP contribution in [0, 0.1) is 0 Å². The Hall–Kier alpha value is 1.06. The van der Waals surface area contributed by atoms with E-state index >= 15 is 0 Å². The lowest BCUT2D eigenvalue weighted by atomic mass is 10.1. The van der Waals surface area contributed by atoms with Gasteiger partial charge in [0.25, 0.3) is 0 Å². The van der Waals surface area contributed by atoms with Gasteiger partial charge in [0, 0.05) is 28.7 Å². The maximum absolute atomic E-state index is 5.23. The van der Waals surface area contributed by atoms with E-state index in [0.717, 1.165) is 20.1 Å². The lowest BCUT2D eigenvalue weighted by Gasteiger charge is -2.17. The fraction of sp³-hybridized carbons (Fsp3) is 0.400. The number of benzene rings is 1. The Balaban J connectivity index is 3.19. The molecular weight excluding hydrogens is 472 g/mol. The van der Waals surface area contributed by atoms with E-state index in [-0.39, 0.29) is 10.0 Å². The van der Waals surface area contributed by atoms with Crippen LogP contribution in [-0.4, -0.2) is 14.2 Å². The third-order valence-corrected chi connectivity index (χ3v) is 4.39. The predicted octanol–water partition coefficient (Wildman–Crippen LogP) is 5.29. The second kappa shape index (κ2) is 6.85. The van der Waals surface area contributed by atoms with Gasteiger partial charge in [-0.2, -0.15) is 0 Å². The highest BCUT2D eigenvalue weighted by Gasteiger charge is 2.17. The normalized spacial score (nSPS) is 11.5. The number of hydrogen-bond acceptors (Lipinski definition) is 2. The molecule has 1 aromatic carbocycles. The molecule has 0 atom stereocenters. The highest BCUT2D eigenvalue weighted by Crippen LogP contribution is 2.39. The first-order valence-electron chi connectivity index (χ1n) is 4.33. The van der Waals surface area contributed by atoms with Gasteiger partial charge >= 0.3 is 0 Å². The van der Waals surface area contributed by atoms with Crippen LogP contribution in [-0.2, 0) is 9.47 Å². The van der Waals surface area contributed by atoms with Crippen molar-refractivity contribution in [1.82, 2.24) is 0 Å². The molecule has 2 nitrogen and oxygen atoms in total. The van der Waals surface area contributed by atoms with Crippen molar-refractivity contribution in [3.05, 3.63) is 32.2 Å². The lowest BCUT2D eigenvalue weighted by Crippen LogP contribution is -2.05. The van der Waals surface area contributed by atoms with Gasteiger partial charge in [0.05, 0.1) is 3.74 Å². The van der Waals surface area contributed by atoms with E-state index in [1.165, 1.54) is 0 Å². The fourth-order valence-electron chi connectivity index (χ4n) is 1.28. The topological polar surface area (TPSA) is 18.5 Å². The van der Waals surface area contributed by atoms with Crippen LogP contribution in [0.1, 0.15) is 21.2 Å². The predicted molar refractivity (Wildman–Crippen MR) is 79.2 cm³/mol. The van der Waals surface area contributed by atoms with Gasteiger partial charge in [0.15, 0.2) is 6.29 Å². The van der Waals surface area contributed by atoms with Crippen molar-refractivity contribution in [2.45, 2.75) is 10.0 Å². The number of ether oxygens (including phenoxy) is 2. The molecule has 0 aromatic heterocycles. The number of hydrogen-bond donors (Lipinski definition) is 0. The Labute approximate surface area is 129 Å². The molecule has 0 bridgehead atoms. The summed E-state index contributed by atoms with van der Waals surface area (Å²) in [6.07, 6.45) is -0.371. The summed E-state index contributed by atoms with van der Waals surface area (Å²) in [5, 5.41) is 0. The number of alkyl halides is 2. The first-order valence-corrected chi connectivity index (χ1v) is 7.75. The Bertz CT molecular complexity index is 364. The van der Waals surface area contributed by atoms with Gasteiger partial charge in [-0.1, -0.05) is 63.7 Å². The molecule has 1 aromatic rings. The summed E-state index contributed by atoms with van der Waals surface area (Å²) in [5.41, 5.74) is 2.04. The van der Waals surface area contributed by atoms with Gasteiger partial charge in [0.1, 0.15) is 0 Å². The van der Waals surface area contributed by atoms with Gasteiger partial charge in [-0.05, 0) is 17.7 Å². The minimum atomic E-state index is -0.371. The zero-order chi connectivity index (χ0) is 12.3. The maximum atomic E-state index is 5.23. The van der Waals surface area contributed by atoms with Gasteiger partial charge < -0.3 is 9.47 Å². The van der Waals surface area contributed by atoms with Crippen LogP contribution in [0.5, 0.6) is 0 Å². The molecule has 0 radical (unpaired) electrons. The molecule has 0 heterocycles. The van der Waals surface area contributed by atoms with E-state index in [0.29, 0.717) is 0 Å². The SMILES string of the molecule is COC(OC)c1cc(Br)c(C(Br)Br)cc1Br. The average molecular weight is 482 g/mol. The molecule has 0 saturated heterocycles. The summed E-state index contributed by atoms with van der Waals surface area (Å²) in [7, 11) is 3.22. The molecular formula is C10H10Br4O2. The van der Waals surface area contributed by atoms with Crippen molar-refractivity contribution in [2.75, 3.05) is 14.2 Å². The summed E-state index contributed by atoms with van der Waals surface area (Å²) < 4.78 is 12.5. The van der Waals surface area contributed by atoms with Crippen LogP contribution in [0.25, 0.3) is 0 Å². The maximum Gasteiger partial charge on any atom is 0.184 e. The molecule has 90 valence electrons. The molecule has 6 heteroatoms. The highest BCUT2D eigenvalue weighted by molar-refractivity contribution is 9.24. The molecule has 0 aliphatic heterocycles. The van der Waals surface area contributed by atoms with E-state index in [1.54, 1.807) is 14.2 Å². The Morgan fingerprint density at radius 2 is 1.38 bits per heavy atom. The van der Waals surface area contributed by atoms with Crippen LogP contribution >= 0.6 is 63.7 Å². The Kier molecular flexibility index (Phi) is 6.47. The molecule has 1 rings (SSSR count). The monoisotopic (exact) mass is 478 g/mol. The average Bonchev–Trinajstić information content (AvgIpc) is 2.23. The summed E-state index contributed by atoms with van der Waals surface area (Å²) in [6, 6.07) is 3.99. The van der Waals surface area contributed by atoms with Crippen molar-refractivity contribution in [3.8, 4) is 0 Å². The highest BCUT2D eigenvalue weighted by atomic mass is 79.9. The molecule has 0 aliphatic carbocycles. The second-order valence-corrected chi connectivity index (χ2v) is 7.77. The molecule has 0 saturated carbocycles. The molecule has 16 heavy (non-hydrogen) atoms. The third kappa shape index (κ3) is 3.53. The van der Waals surface area contributed by atoms with Crippen molar-refractivity contribution in [1.29, 1.82) is 0 Å². The molecule has 0 aliphatic rings. The quantitative estimate of drug-likeness (QED) is 0.430. The largest absolute Gasteiger partial charge is 0.352 e. The summed E-state index contributed by atoms with van der Waals surface area (Å²) in [6.45, 7) is 0. The van der Waals surface area contributed by atoms with Crippen LogP contribution in [0.3, 0.4) is 0 Å². The number of halogens is 4. The summed E-state index contributed by atoms with van der Waals surface area (Å²) in [4.78, 5) is 0. The van der Waals surface area contributed by atoms with E-state index in [4.69, 9.17) is 9.47 Å². The number of rotatable bonds is 4. The van der Waals surface area contributed by atoms with Crippen LogP contribution in [0.15, 0.2) is 21.1 Å². The molecule has 0 amide bonds. The fourth-order valence-corrected chi connectivity index (χ4v) is 3.79. The molecule has 0 unspecified atom stereocenters. The van der Waals surface area contributed by atoms with Crippen molar-refractivity contribution in [3.63, 3.8) is 0 Å². The zero-order valence-corrected chi connectivity index (χ0v) is 15.0. The summed E-state index contributed by atoms with van der Waals surface area (Å²) in [5.74, 6) is 0. The Morgan fingerprint density at radius 3 is 1.81 bits per heavy atom. The first kappa shape index (κ1) is 15.1. The molecule has 0 N–H and O–H groups in total. The Morgan fingerprint density at radius 1 is 0.938 bits per heavy atom. The van der Waals surface area contributed by atoms with E-state index in [9.17, 15) is 0 Å². The smallest absolute Gasteiger partial charge is 0.184 e. The second-order valence-electron chi connectivity index (χ2n) is 3.00. The van der Waals surface area contributed by atoms with E-state index in [2.05, 4.69) is 63.7 Å². The van der Waals surface area contributed by atoms with Crippen LogP contribution < -0.4 is 0 Å². The minimum Gasteiger partial charge on any atom is -0.352 e. The van der Waals surface area contributed by atoms with Crippen molar-refractivity contribution >= 4 is 63.7 Å². The van der Waals surface area contributed by atoms with Crippen molar-refractivity contribution < 1.29 is 9.47 Å². The van der Waals surface area contributed by atoms with Gasteiger partial charge in [-0.15, -0.1) is 0 Å². The first-order chi connectivity index (χ1) is 7.51. The minimum absolute atomic E-state index is 0.100. The summed E-state index contributed by atoms with van der Waals surface area (Å²) >= 11 is 14.0. The van der Waals surface area contributed by atoms with E-state index in [1.807, 2.05) is 12.1 Å².